The number of likely N-dealkylation sites (tertiary alicyclic amines) is 1. The first-order chi connectivity index (χ1) is 11.6. The minimum absolute atomic E-state index is 0.0379. The van der Waals surface area contributed by atoms with Gasteiger partial charge in [0.25, 0.3) is 0 Å². The van der Waals surface area contributed by atoms with E-state index in [2.05, 4.69) is 44.0 Å². The normalized spacial score (nSPS) is 17.6. The molecule has 1 saturated heterocycles. The Hall–Kier alpha value is -1.72. The summed E-state index contributed by atoms with van der Waals surface area (Å²) in [7, 11) is 0. The fourth-order valence-corrected chi connectivity index (χ4v) is 3.79. The third-order valence-electron chi connectivity index (χ3n) is 4.66. The summed E-state index contributed by atoms with van der Waals surface area (Å²) < 4.78 is 1.05. The summed E-state index contributed by atoms with van der Waals surface area (Å²) in [6.45, 7) is 3.56. The van der Waals surface area contributed by atoms with Crippen LogP contribution in [0.5, 0.6) is 0 Å². The summed E-state index contributed by atoms with van der Waals surface area (Å²) in [5.41, 5.74) is 3.30. The molecule has 0 spiro atoms. The smallest absolute Gasteiger partial charge is 0.306 e. The number of aromatic nitrogens is 1. The molecule has 0 amide bonds. The summed E-state index contributed by atoms with van der Waals surface area (Å²) in [6.07, 6.45) is 3.26. The molecule has 0 saturated carbocycles. The van der Waals surface area contributed by atoms with Crippen molar-refractivity contribution in [1.82, 2.24) is 9.88 Å². The van der Waals surface area contributed by atoms with Crippen LogP contribution in [0.4, 0.5) is 0 Å². The molecule has 0 bridgehead atoms. The number of hydrogen-bond acceptors (Lipinski definition) is 3. The molecule has 2 heterocycles. The summed E-state index contributed by atoms with van der Waals surface area (Å²) in [5.74, 6) is -0.910. The molecule has 3 rings (SSSR count). The fraction of sp³-hybridized carbons (Fsp3) is 0.368. The molecule has 1 aliphatic heterocycles. The van der Waals surface area contributed by atoms with E-state index in [1.807, 2.05) is 31.3 Å². The molecule has 1 aromatic heterocycles. The maximum absolute atomic E-state index is 11.2. The molecular formula is C19H21BrN2O2. The molecule has 1 atom stereocenters. The van der Waals surface area contributed by atoms with E-state index in [-0.39, 0.29) is 12.0 Å². The van der Waals surface area contributed by atoms with Gasteiger partial charge in [0.2, 0.25) is 0 Å². The first-order valence-corrected chi connectivity index (χ1v) is 8.99. The monoisotopic (exact) mass is 388 g/mol. The Bertz CT molecular complexity index is 710. The van der Waals surface area contributed by atoms with Gasteiger partial charge < -0.3 is 5.11 Å². The van der Waals surface area contributed by atoms with Crippen LogP contribution in [-0.2, 0) is 4.79 Å². The highest BCUT2D eigenvalue weighted by atomic mass is 79.9. The average Bonchev–Trinajstić information content (AvgIpc) is 2.59. The lowest BCUT2D eigenvalue weighted by Crippen LogP contribution is -2.39. The van der Waals surface area contributed by atoms with Crippen molar-refractivity contribution in [1.29, 1.82) is 0 Å². The Kier molecular flexibility index (Phi) is 5.31. The molecule has 1 aromatic carbocycles. The van der Waals surface area contributed by atoms with Crippen molar-refractivity contribution in [3.8, 4) is 0 Å². The number of rotatable bonds is 4. The number of aryl methyl sites for hydroxylation is 1. The Labute approximate surface area is 150 Å². The van der Waals surface area contributed by atoms with Gasteiger partial charge in [-0.1, -0.05) is 40.2 Å². The van der Waals surface area contributed by atoms with Crippen LogP contribution in [0.3, 0.4) is 0 Å². The first kappa shape index (κ1) is 17.1. The van der Waals surface area contributed by atoms with Crippen molar-refractivity contribution in [2.24, 2.45) is 5.92 Å². The van der Waals surface area contributed by atoms with E-state index in [1.54, 1.807) is 0 Å². The maximum atomic E-state index is 11.2. The second-order valence-electron chi connectivity index (χ2n) is 6.33. The molecule has 1 unspecified atom stereocenters. The van der Waals surface area contributed by atoms with Crippen LogP contribution in [-0.4, -0.2) is 34.0 Å². The highest BCUT2D eigenvalue weighted by Gasteiger charge is 2.31. The van der Waals surface area contributed by atoms with Gasteiger partial charge in [-0.15, -0.1) is 0 Å². The van der Waals surface area contributed by atoms with Gasteiger partial charge in [0.05, 0.1) is 17.7 Å². The van der Waals surface area contributed by atoms with Crippen LogP contribution in [0.15, 0.2) is 47.1 Å². The molecule has 24 heavy (non-hydrogen) atoms. The molecule has 0 aliphatic carbocycles. The second kappa shape index (κ2) is 7.45. The van der Waals surface area contributed by atoms with Crippen molar-refractivity contribution >= 4 is 21.9 Å². The lowest BCUT2D eigenvalue weighted by Gasteiger charge is -2.37. The highest BCUT2D eigenvalue weighted by molar-refractivity contribution is 9.10. The summed E-state index contributed by atoms with van der Waals surface area (Å²) in [4.78, 5) is 18.2. The molecule has 4 nitrogen and oxygen atoms in total. The van der Waals surface area contributed by atoms with E-state index in [0.29, 0.717) is 12.8 Å². The van der Waals surface area contributed by atoms with Crippen LogP contribution in [0.2, 0.25) is 0 Å². The zero-order chi connectivity index (χ0) is 17.1. The van der Waals surface area contributed by atoms with Crippen molar-refractivity contribution in [2.45, 2.75) is 25.8 Å². The van der Waals surface area contributed by atoms with Gasteiger partial charge in [0.15, 0.2) is 0 Å². The summed E-state index contributed by atoms with van der Waals surface area (Å²) in [6, 6.07) is 12.4. The topological polar surface area (TPSA) is 53.4 Å². The lowest BCUT2D eigenvalue weighted by atomic mass is 9.93. The van der Waals surface area contributed by atoms with Crippen molar-refractivity contribution in [2.75, 3.05) is 13.1 Å². The molecule has 0 radical (unpaired) electrons. The SMILES string of the molecule is Cc1ccc(C(c2ccccc2Br)N2CCC(C(=O)O)CC2)nc1. The van der Waals surface area contributed by atoms with Crippen LogP contribution < -0.4 is 0 Å². The van der Waals surface area contributed by atoms with Crippen LogP contribution in [0.1, 0.15) is 35.7 Å². The third-order valence-corrected chi connectivity index (χ3v) is 5.38. The number of piperidine rings is 1. The first-order valence-electron chi connectivity index (χ1n) is 8.20. The van der Waals surface area contributed by atoms with E-state index in [0.717, 1.165) is 28.8 Å². The van der Waals surface area contributed by atoms with Gasteiger partial charge in [-0.2, -0.15) is 0 Å². The number of carboxylic acid groups (broad SMARTS) is 1. The molecule has 2 aromatic rings. The van der Waals surface area contributed by atoms with Crippen LogP contribution in [0.25, 0.3) is 0 Å². The Balaban J connectivity index is 1.93. The number of aliphatic carboxylic acids is 1. The number of carbonyl (C=O) groups is 1. The number of benzene rings is 1. The fourth-order valence-electron chi connectivity index (χ4n) is 3.29. The standard InChI is InChI=1S/C19H21BrN2O2/c1-13-6-7-17(21-12-13)18(15-4-2-3-5-16(15)20)22-10-8-14(9-11-22)19(23)24/h2-7,12,14,18H,8-11H2,1H3,(H,23,24). The zero-order valence-corrected chi connectivity index (χ0v) is 15.2. The van der Waals surface area contributed by atoms with E-state index >= 15 is 0 Å². The number of hydrogen-bond donors (Lipinski definition) is 1. The number of halogens is 1. The van der Waals surface area contributed by atoms with Gasteiger partial charge in [0, 0.05) is 10.7 Å². The van der Waals surface area contributed by atoms with Gasteiger partial charge in [-0.05, 0) is 56.1 Å². The van der Waals surface area contributed by atoms with Gasteiger partial charge in [-0.25, -0.2) is 0 Å². The highest BCUT2D eigenvalue weighted by Crippen LogP contribution is 2.35. The van der Waals surface area contributed by atoms with Crippen LogP contribution >= 0.6 is 15.9 Å². The van der Waals surface area contributed by atoms with Crippen molar-refractivity contribution in [3.05, 3.63) is 63.9 Å². The zero-order valence-electron chi connectivity index (χ0n) is 13.7. The van der Waals surface area contributed by atoms with E-state index in [1.165, 1.54) is 5.56 Å². The minimum Gasteiger partial charge on any atom is -0.481 e. The largest absolute Gasteiger partial charge is 0.481 e. The quantitative estimate of drug-likeness (QED) is 0.858. The molecule has 1 N–H and O–H groups in total. The Morgan fingerprint density at radius 3 is 2.54 bits per heavy atom. The molecule has 1 fully saturated rings. The van der Waals surface area contributed by atoms with Crippen molar-refractivity contribution < 1.29 is 9.90 Å². The predicted molar refractivity (Wildman–Crippen MR) is 96.9 cm³/mol. The molecular weight excluding hydrogens is 368 g/mol. The number of carboxylic acids is 1. The average molecular weight is 389 g/mol. The van der Waals surface area contributed by atoms with Gasteiger partial charge in [0.1, 0.15) is 0 Å². The number of nitrogens with zero attached hydrogens (tertiary/aromatic N) is 2. The number of pyridine rings is 1. The van der Waals surface area contributed by atoms with E-state index in [4.69, 9.17) is 0 Å². The summed E-state index contributed by atoms with van der Waals surface area (Å²) in [5, 5.41) is 9.23. The predicted octanol–water partition coefficient (Wildman–Crippen LogP) is 4.04. The second-order valence-corrected chi connectivity index (χ2v) is 7.19. The molecule has 5 heteroatoms. The van der Waals surface area contributed by atoms with Gasteiger partial charge in [-0.3, -0.25) is 14.7 Å². The van der Waals surface area contributed by atoms with Gasteiger partial charge >= 0.3 is 5.97 Å². The maximum Gasteiger partial charge on any atom is 0.306 e. The Morgan fingerprint density at radius 2 is 1.96 bits per heavy atom. The van der Waals surface area contributed by atoms with E-state index in [9.17, 15) is 9.90 Å². The van der Waals surface area contributed by atoms with Crippen LogP contribution in [0, 0.1) is 12.8 Å². The minimum atomic E-state index is -0.680. The third kappa shape index (κ3) is 3.68. The van der Waals surface area contributed by atoms with Crippen molar-refractivity contribution in [3.63, 3.8) is 0 Å². The lowest BCUT2D eigenvalue weighted by molar-refractivity contribution is -0.143. The molecule has 126 valence electrons. The molecule has 1 aliphatic rings. The summed E-state index contributed by atoms with van der Waals surface area (Å²) >= 11 is 3.66. The van der Waals surface area contributed by atoms with E-state index < -0.39 is 5.97 Å². The Morgan fingerprint density at radius 1 is 1.25 bits per heavy atom.